The number of nitrogens with one attached hydrogen (secondary N) is 1. The summed E-state index contributed by atoms with van der Waals surface area (Å²) in [6.07, 6.45) is 3.62. The Morgan fingerprint density at radius 3 is 3.00 bits per heavy atom. The van der Waals surface area contributed by atoms with Gasteiger partial charge < -0.3 is 5.32 Å². The van der Waals surface area contributed by atoms with Gasteiger partial charge in [-0.25, -0.2) is 4.98 Å². The second kappa shape index (κ2) is 4.83. The molecule has 1 saturated carbocycles. The number of hydrogen-bond donors (Lipinski definition) is 1. The Kier molecular flexibility index (Phi) is 3.42. The fourth-order valence-electron chi connectivity index (χ4n) is 1.71. The first-order chi connectivity index (χ1) is 8.08. The topological polar surface area (TPSA) is 81.0 Å². The molecule has 0 saturated heterocycles. The number of hydrogen-bond acceptors (Lipinski definition) is 5. The largest absolute Gasteiger partial charge is 0.364 e. The van der Waals surface area contributed by atoms with Crippen LogP contribution in [0.3, 0.4) is 0 Å². The van der Waals surface area contributed by atoms with Gasteiger partial charge >= 0.3 is 5.69 Å². The fraction of sp³-hybridized carbons (Fsp3) is 0.600. The van der Waals surface area contributed by atoms with Crippen molar-refractivity contribution in [3.63, 3.8) is 0 Å². The molecule has 1 aliphatic carbocycles. The van der Waals surface area contributed by atoms with Crippen molar-refractivity contribution < 1.29 is 4.92 Å². The van der Waals surface area contributed by atoms with Crippen molar-refractivity contribution in [2.45, 2.75) is 19.8 Å². The second-order valence-electron chi connectivity index (χ2n) is 4.33. The second-order valence-corrected chi connectivity index (χ2v) is 4.66. The number of anilines is 1. The van der Waals surface area contributed by atoms with Crippen molar-refractivity contribution in [2.24, 2.45) is 11.8 Å². The Labute approximate surface area is 104 Å². The van der Waals surface area contributed by atoms with Crippen LogP contribution in [0.15, 0.2) is 6.20 Å². The summed E-state index contributed by atoms with van der Waals surface area (Å²) in [5.41, 5.74) is -0.141. The highest BCUT2D eigenvalue weighted by atomic mass is 35.5. The van der Waals surface area contributed by atoms with Gasteiger partial charge in [0, 0.05) is 6.54 Å². The molecule has 1 aromatic heterocycles. The Hall–Kier alpha value is -1.43. The quantitative estimate of drug-likeness (QED) is 0.497. The monoisotopic (exact) mass is 256 g/mol. The smallest absolute Gasteiger partial charge is 0.329 e. The average molecular weight is 257 g/mol. The van der Waals surface area contributed by atoms with Crippen LogP contribution in [-0.4, -0.2) is 21.4 Å². The fourth-order valence-corrected chi connectivity index (χ4v) is 1.84. The van der Waals surface area contributed by atoms with Crippen molar-refractivity contribution in [1.29, 1.82) is 0 Å². The van der Waals surface area contributed by atoms with Crippen LogP contribution in [0.1, 0.15) is 19.8 Å². The van der Waals surface area contributed by atoms with Gasteiger partial charge in [0.1, 0.15) is 6.20 Å². The van der Waals surface area contributed by atoms with E-state index >= 15 is 0 Å². The van der Waals surface area contributed by atoms with Gasteiger partial charge in [-0.2, -0.15) is 4.98 Å². The van der Waals surface area contributed by atoms with Gasteiger partial charge in [0.05, 0.1) is 4.92 Å². The number of halogens is 1. The maximum absolute atomic E-state index is 10.8. The third-order valence-corrected chi connectivity index (χ3v) is 3.14. The lowest BCUT2D eigenvalue weighted by Crippen LogP contribution is -2.15. The summed E-state index contributed by atoms with van der Waals surface area (Å²) >= 11 is 5.63. The lowest BCUT2D eigenvalue weighted by molar-refractivity contribution is -0.384. The van der Waals surface area contributed by atoms with Crippen molar-refractivity contribution >= 4 is 23.1 Å². The summed E-state index contributed by atoms with van der Waals surface area (Å²) in [6.45, 7) is 2.79. The molecule has 0 amide bonds. The van der Waals surface area contributed by atoms with Crippen LogP contribution < -0.4 is 5.32 Å². The first-order valence-corrected chi connectivity index (χ1v) is 5.86. The molecule has 1 atom stereocenters. The first kappa shape index (κ1) is 12.0. The third kappa shape index (κ3) is 3.03. The SMILES string of the molecule is CC(CNc1nc(Cl)ncc1[N+](=O)[O-])C1CC1. The molecule has 0 aliphatic heterocycles. The Bertz CT molecular complexity index is 436. The van der Waals surface area contributed by atoms with E-state index in [0.717, 1.165) is 12.1 Å². The zero-order valence-electron chi connectivity index (χ0n) is 9.39. The van der Waals surface area contributed by atoms with E-state index in [9.17, 15) is 10.1 Å². The molecule has 17 heavy (non-hydrogen) atoms. The Morgan fingerprint density at radius 2 is 2.41 bits per heavy atom. The maximum Gasteiger partial charge on any atom is 0.329 e. The Balaban J connectivity index is 2.07. The predicted molar refractivity (Wildman–Crippen MR) is 64.1 cm³/mol. The number of nitrogens with zero attached hydrogens (tertiary/aromatic N) is 3. The Morgan fingerprint density at radius 1 is 1.71 bits per heavy atom. The zero-order valence-corrected chi connectivity index (χ0v) is 10.1. The molecule has 0 bridgehead atoms. The van der Waals surface area contributed by atoms with E-state index in [1.807, 2.05) is 0 Å². The van der Waals surface area contributed by atoms with Gasteiger partial charge in [-0.15, -0.1) is 0 Å². The molecule has 1 N–H and O–H groups in total. The van der Waals surface area contributed by atoms with Gasteiger partial charge in [0.15, 0.2) is 0 Å². The van der Waals surface area contributed by atoms with Crippen molar-refractivity contribution in [2.75, 3.05) is 11.9 Å². The van der Waals surface area contributed by atoms with Gasteiger partial charge in [-0.1, -0.05) is 6.92 Å². The molecule has 2 rings (SSSR count). The summed E-state index contributed by atoms with van der Waals surface area (Å²) in [6, 6.07) is 0. The molecule has 1 heterocycles. The lowest BCUT2D eigenvalue weighted by Gasteiger charge is -2.11. The van der Waals surface area contributed by atoms with E-state index in [-0.39, 0.29) is 16.8 Å². The minimum Gasteiger partial charge on any atom is -0.364 e. The molecule has 7 heteroatoms. The minimum atomic E-state index is -0.513. The number of nitro groups is 1. The van der Waals surface area contributed by atoms with Crippen LogP contribution >= 0.6 is 11.6 Å². The molecular weight excluding hydrogens is 244 g/mol. The van der Waals surface area contributed by atoms with E-state index in [4.69, 9.17) is 11.6 Å². The normalized spacial score (nSPS) is 16.6. The molecule has 0 spiro atoms. The minimum absolute atomic E-state index is 0.0113. The van der Waals surface area contributed by atoms with E-state index in [1.165, 1.54) is 12.8 Å². The summed E-state index contributed by atoms with van der Waals surface area (Å²) in [5, 5.41) is 13.8. The standard InChI is InChI=1S/C10H13ClN4O2/c1-6(7-2-3-7)4-12-9-8(15(16)17)5-13-10(11)14-9/h5-7H,2-4H2,1H3,(H,12,13,14). The molecule has 1 fully saturated rings. The predicted octanol–water partition coefficient (Wildman–Crippen LogP) is 2.50. The van der Waals surface area contributed by atoms with E-state index in [0.29, 0.717) is 12.5 Å². The van der Waals surface area contributed by atoms with Crippen molar-refractivity contribution in [3.8, 4) is 0 Å². The zero-order chi connectivity index (χ0) is 12.4. The van der Waals surface area contributed by atoms with Crippen LogP contribution in [0.25, 0.3) is 0 Å². The van der Waals surface area contributed by atoms with Gasteiger partial charge in [-0.05, 0) is 36.3 Å². The van der Waals surface area contributed by atoms with Crippen LogP contribution in [0.4, 0.5) is 11.5 Å². The summed E-state index contributed by atoms with van der Waals surface area (Å²) in [4.78, 5) is 17.7. The highest BCUT2D eigenvalue weighted by Crippen LogP contribution is 2.36. The molecule has 1 aromatic rings. The summed E-state index contributed by atoms with van der Waals surface area (Å²) < 4.78 is 0. The maximum atomic E-state index is 10.8. The van der Waals surface area contributed by atoms with E-state index < -0.39 is 4.92 Å². The van der Waals surface area contributed by atoms with Crippen LogP contribution in [0, 0.1) is 22.0 Å². The summed E-state index contributed by atoms with van der Waals surface area (Å²) in [5.74, 6) is 1.42. The molecule has 0 radical (unpaired) electrons. The molecule has 6 nitrogen and oxygen atoms in total. The van der Waals surface area contributed by atoms with Crippen LogP contribution in [0.2, 0.25) is 5.28 Å². The first-order valence-electron chi connectivity index (χ1n) is 5.48. The van der Waals surface area contributed by atoms with Gasteiger partial charge in [0.25, 0.3) is 0 Å². The van der Waals surface area contributed by atoms with Crippen LogP contribution in [0.5, 0.6) is 0 Å². The molecule has 0 aromatic carbocycles. The van der Waals surface area contributed by atoms with Gasteiger partial charge in [-0.3, -0.25) is 10.1 Å². The molecule has 92 valence electrons. The van der Waals surface area contributed by atoms with E-state index in [2.05, 4.69) is 22.2 Å². The number of aromatic nitrogens is 2. The van der Waals surface area contributed by atoms with E-state index in [1.54, 1.807) is 0 Å². The van der Waals surface area contributed by atoms with Crippen LogP contribution in [-0.2, 0) is 0 Å². The highest BCUT2D eigenvalue weighted by molar-refractivity contribution is 6.28. The van der Waals surface area contributed by atoms with Crippen molar-refractivity contribution in [1.82, 2.24) is 9.97 Å². The van der Waals surface area contributed by atoms with Gasteiger partial charge in [0.2, 0.25) is 11.1 Å². The highest BCUT2D eigenvalue weighted by Gasteiger charge is 2.28. The number of rotatable bonds is 5. The third-order valence-electron chi connectivity index (χ3n) is 2.95. The molecule has 1 unspecified atom stereocenters. The lowest BCUT2D eigenvalue weighted by atomic mass is 10.1. The molecular formula is C10H13ClN4O2. The van der Waals surface area contributed by atoms with Crippen molar-refractivity contribution in [3.05, 3.63) is 21.6 Å². The summed E-state index contributed by atoms with van der Waals surface area (Å²) in [7, 11) is 0. The average Bonchev–Trinajstić information content (AvgIpc) is 3.09. The molecule has 1 aliphatic rings.